The Balaban J connectivity index is 1.95. The third kappa shape index (κ3) is 3.83. The second-order valence-electron chi connectivity index (χ2n) is 8.69. The van der Waals surface area contributed by atoms with E-state index in [1.807, 2.05) is 6.92 Å². The molecule has 34 heavy (non-hydrogen) atoms. The number of ether oxygens (including phenoxy) is 2. The van der Waals surface area contributed by atoms with Gasteiger partial charge in [-0.15, -0.1) is 0 Å². The van der Waals surface area contributed by atoms with Crippen molar-refractivity contribution < 1.29 is 28.3 Å². The first-order valence-electron chi connectivity index (χ1n) is 11.3. The summed E-state index contributed by atoms with van der Waals surface area (Å²) in [6.45, 7) is 5.57. The molecule has 8 heteroatoms. The number of allylic oxidation sites excluding steroid dienone is 3. The lowest BCUT2D eigenvalue weighted by molar-refractivity contribution is -0.151. The van der Waals surface area contributed by atoms with Crippen molar-refractivity contribution in [3.8, 4) is 0 Å². The standard InChI is InChI=1S/C26H27NO7/c1-5-10-33-26(31)20-14(3)27-17-11-13(2)19(25(30)32-4)24(29)22(17)21(20)16-12-34-18-9-7-6-8-15(18)23(16)28/h6-9,12-13,19,21,27H,5,10-11H2,1-4H3/t13-,19+,21-/m0/s1. The summed E-state index contributed by atoms with van der Waals surface area (Å²) < 4.78 is 16.0. The number of benzene rings is 1. The van der Waals surface area contributed by atoms with Crippen LogP contribution in [0.1, 0.15) is 45.1 Å². The maximum absolute atomic E-state index is 13.7. The Morgan fingerprint density at radius 1 is 1.21 bits per heavy atom. The zero-order valence-corrected chi connectivity index (χ0v) is 19.6. The number of para-hydroxylation sites is 1. The van der Waals surface area contributed by atoms with Gasteiger partial charge >= 0.3 is 11.9 Å². The fourth-order valence-electron chi connectivity index (χ4n) is 4.83. The van der Waals surface area contributed by atoms with Crippen LogP contribution in [0.5, 0.6) is 0 Å². The van der Waals surface area contributed by atoms with Crippen LogP contribution in [0.3, 0.4) is 0 Å². The number of methoxy groups -OCH3 is 1. The van der Waals surface area contributed by atoms with Crippen LogP contribution in [-0.2, 0) is 23.9 Å². The monoisotopic (exact) mass is 465 g/mol. The van der Waals surface area contributed by atoms with Gasteiger partial charge in [0.2, 0.25) is 0 Å². The van der Waals surface area contributed by atoms with Crippen molar-refractivity contribution >= 4 is 28.7 Å². The van der Waals surface area contributed by atoms with Crippen LogP contribution in [0.25, 0.3) is 11.0 Å². The Bertz CT molecular complexity index is 1300. The Kier molecular flexibility index (Phi) is 6.41. The number of carbonyl (C=O) groups excluding carboxylic acids is 3. The van der Waals surface area contributed by atoms with Crippen LogP contribution >= 0.6 is 0 Å². The average molecular weight is 466 g/mol. The van der Waals surface area contributed by atoms with Gasteiger partial charge in [0.05, 0.1) is 36.9 Å². The molecular formula is C26H27NO7. The van der Waals surface area contributed by atoms with Crippen LogP contribution in [0, 0.1) is 11.8 Å². The van der Waals surface area contributed by atoms with E-state index in [4.69, 9.17) is 13.9 Å². The van der Waals surface area contributed by atoms with Crippen molar-refractivity contribution in [2.75, 3.05) is 13.7 Å². The number of carbonyl (C=O) groups is 3. The number of rotatable bonds is 5. The van der Waals surface area contributed by atoms with E-state index in [1.54, 1.807) is 38.1 Å². The molecular weight excluding hydrogens is 438 g/mol. The number of ketones is 1. The number of hydrogen-bond acceptors (Lipinski definition) is 8. The molecule has 0 spiro atoms. The second kappa shape index (κ2) is 9.29. The van der Waals surface area contributed by atoms with Gasteiger partial charge < -0.3 is 19.2 Å². The number of nitrogens with one attached hydrogen (secondary N) is 1. The predicted molar refractivity (Wildman–Crippen MR) is 124 cm³/mol. The molecule has 8 nitrogen and oxygen atoms in total. The van der Waals surface area contributed by atoms with Crippen molar-refractivity contribution in [3.63, 3.8) is 0 Å². The number of esters is 2. The molecule has 3 atom stereocenters. The summed E-state index contributed by atoms with van der Waals surface area (Å²) in [6.07, 6.45) is 2.29. The molecule has 0 fully saturated rings. The van der Waals surface area contributed by atoms with Crippen LogP contribution in [-0.4, -0.2) is 31.4 Å². The first-order chi connectivity index (χ1) is 16.3. The van der Waals surface area contributed by atoms with Gasteiger partial charge in [-0.2, -0.15) is 0 Å². The Hall–Kier alpha value is -3.68. The van der Waals surface area contributed by atoms with Crippen LogP contribution < -0.4 is 10.7 Å². The van der Waals surface area contributed by atoms with Gasteiger partial charge in [0, 0.05) is 22.5 Å². The first kappa shape index (κ1) is 23.5. The lowest BCUT2D eigenvalue weighted by Gasteiger charge is -2.37. The van der Waals surface area contributed by atoms with E-state index in [0.717, 1.165) is 0 Å². The van der Waals surface area contributed by atoms with Gasteiger partial charge in [-0.25, -0.2) is 4.79 Å². The van der Waals surface area contributed by atoms with E-state index < -0.39 is 29.6 Å². The molecule has 2 aromatic rings. The number of fused-ring (bicyclic) bond motifs is 1. The van der Waals surface area contributed by atoms with Crippen molar-refractivity contribution in [1.82, 2.24) is 5.32 Å². The summed E-state index contributed by atoms with van der Waals surface area (Å²) in [5.74, 6) is -4.13. The Labute approximate surface area is 196 Å². The van der Waals surface area contributed by atoms with Crippen molar-refractivity contribution in [3.05, 3.63) is 68.9 Å². The Morgan fingerprint density at radius 3 is 2.65 bits per heavy atom. The third-order valence-electron chi connectivity index (χ3n) is 6.42. The minimum Gasteiger partial charge on any atom is -0.468 e. The molecule has 0 saturated carbocycles. The molecule has 0 saturated heterocycles. The summed E-state index contributed by atoms with van der Waals surface area (Å²) in [6, 6.07) is 6.77. The minimum absolute atomic E-state index is 0.141. The van der Waals surface area contributed by atoms with Crippen LogP contribution in [0.2, 0.25) is 0 Å². The Morgan fingerprint density at radius 2 is 1.94 bits per heavy atom. The molecule has 4 rings (SSSR count). The topological polar surface area (TPSA) is 112 Å². The second-order valence-corrected chi connectivity index (χ2v) is 8.69. The van der Waals surface area contributed by atoms with E-state index in [1.165, 1.54) is 13.4 Å². The van der Waals surface area contributed by atoms with Crippen LogP contribution in [0.15, 0.2) is 62.3 Å². The number of dihydropyridines is 1. The minimum atomic E-state index is -1.04. The highest BCUT2D eigenvalue weighted by atomic mass is 16.5. The SMILES string of the molecule is CCCOC(=O)C1=C(C)NC2=C(C(=O)[C@H](C(=O)OC)[C@@H](C)C2)[C@H]1c1coc2ccccc2c1=O. The fourth-order valence-corrected chi connectivity index (χ4v) is 4.83. The number of hydrogen-bond donors (Lipinski definition) is 1. The average Bonchev–Trinajstić information content (AvgIpc) is 2.82. The maximum atomic E-state index is 13.7. The summed E-state index contributed by atoms with van der Waals surface area (Å²) in [7, 11) is 1.23. The zero-order chi connectivity index (χ0) is 24.6. The molecule has 1 aromatic carbocycles. The summed E-state index contributed by atoms with van der Waals surface area (Å²) in [4.78, 5) is 52.9. The number of Topliss-reactive ketones (excluding diaryl/α,β-unsaturated/α-hetero) is 1. The normalized spacial score (nSPS) is 22.4. The quantitative estimate of drug-likeness (QED) is 0.529. The van der Waals surface area contributed by atoms with Crippen LogP contribution in [0.4, 0.5) is 0 Å². The van der Waals surface area contributed by atoms with E-state index in [-0.39, 0.29) is 34.7 Å². The molecule has 1 aromatic heterocycles. The van der Waals surface area contributed by atoms with Crippen molar-refractivity contribution in [2.45, 2.75) is 39.5 Å². The van der Waals surface area contributed by atoms with Gasteiger partial charge in [-0.1, -0.05) is 26.0 Å². The van der Waals surface area contributed by atoms with Crippen molar-refractivity contribution in [1.29, 1.82) is 0 Å². The van der Waals surface area contributed by atoms with E-state index in [0.29, 0.717) is 35.2 Å². The highest BCUT2D eigenvalue weighted by Gasteiger charge is 2.48. The lowest BCUT2D eigenvalue weighted by atomic mass is 9.69. The molecule has 0 unspecified atom stereocenters. The first-order valence-corrected chi connectivity index (χ1v) is 11.3. The van der Waals surface area contributed by atoms with Gasteiger partial charge in [0.1, 0.15) is 11.5 Å². The smallest absolute Gasteiger partial charge is 0.336 e. The van der Waals surface area contributed by atoms with E-state index >= 15 is 0 Å². The molecule has 0 amide bonds. The van der Waals surface area contributed by atoms with E-state index in [2.05, 4.69) is 5.32 Å². The molecule has 0 radical (unpaired) electrons. The highest BCUT2D eigenvalue weighted by molar-refractivity contribution is 6.12. The van der Waals surface area contributed by atoms with Gasteiger partial charge in [-0.05, 0) is 37.8 Å². The molecule has 0 bridgehead atoms. The van der Waals surface area contributed by atoms with Gasteiger partial charge in [0.25, 0.3) is 0 Å². The molecule has 2 heterocycles. The molecule has 1 N–H and O–H groups in total. The molecule has 2 aliphatic rings. The summed E-state index contributed by atoms with van der Waals surface area (Å²) >= 11 is 0. The van der Waals surface area contributed by atoms with E-state index in [9.17, 15) is 19.2 Å². The van der Waals surface area contributed by atoms with Gasteiger partial charge in [0.15, 0.2) is 11.2 Å². The fraction of sp³-hybridized carbons (Fsp3) is 0.385. The summed E-state index contributed by atoms with van der Waals surface area (Å²) in [5, 5.41) is 3.51. The maximum Gasteiger partial charge on any atom is 0.336 e. The lowest BCUT2D eigenvalue weighted by Crippen LogP contribution is -2.44. The highest BCUT2D eigenvalue weighted by Crippen LogP contribution is 2.45. The predicted octanol–water partition coefficient (Wildman–Crippen LogP) is 3.36. The molecule has 178 valence electrons. The zero-order valence-electron chi connectivity index (χ0n) is 19.6. The molecule has 1 aliphatic heterocycles. The summed E-state index contributed by atoms with van der Waals surface area (Å²) in [5.41, 5.74) is 1.61. The van der Waals surface area contributed by atoms with Gasteiger partial charge in [-0.3, -0.25) is 14.4 Å². The third-order valence-corrected chi connectivity index (χ3v) is 6.42. The largest absolute Gasteiger partial charge is 0.468 e. The van der Waals surface area contributed by atoms with Crippen molar-refractivity contribution in [2.24, 2.45) is 11.8 Å². The molecule has 1 aliphatic carbocycles.